The normalized spacial score (nSPS) is 24.7. The third kappa shape index (κ3) is 4.00. The van der Waals surface area contributed by atoms with Crippen molar-refractivity contribution >= 4 is 11.5 Å². The molecule has 0 amide bonds. The fourth-order valence-corrected chi connectivity index (χ4v) is 6.00. The summed E-state index contributed by atoms with van der Waals surface area (Å²) in [6.07, 6.45) is 5.97. The van der Waals surface area contributed by atoms with E-state index in [9.17, 15) is 0 Å². The maximum Gasteiger partial charge on any atom is 0.179 e. The number of halogens is 1. The average Bonchev–Trinajstić information content (AvgIpc) is 2.96. The van der Waals surface area contributed by atoms with Gasteiger partial charge >= 0.3 is 0 Å². The number of hydrogen-bond acceptors (Lipinski definition) is 6. The molecule has 33 heavy (non-hydrogen) atoms. The van der Waals surface area contributed by atoms with Crippen molar-refractivity contribution in [3.63, 3.8) is 0 Å². The van der Waals surface area contributed by atoms with Gasteiger partial charge in [0.1, 0.15) is 11.9 Å². The molecule has 2 aromatic rings. The lowest BCUT2D eigenvalue weighted by Crippen LogP contribution is -2.53. The van der Waals surface area contributed by atoms with Gasteiger partial charge < -0.3 is 20.1 Å². The van der Waals surface area contributed by atoms with Gasteiger partial charge in [0.2, 0.25) is 0 Å². The maximum atomic E-state index is 15.3. The van der Waals surface area contributed by atoms with E-state index < -0.39 is 0 Å². The molecule has 4 aliphatic heterocycles. The Kier molecular flexibility index (Phi) is 5.72. The highest BCUT2D eigenvalue weighted by molar-refractivity contribution is 5.70. The zero-order chi connectivity index (χ0) is 22.4. The van der Waals surface area contributed by atoms with Crippen molar-refractivity contribution in [2.45, 2.75) is 56.6 Å². The number of anilines is 2. The highest BCUT2D eigenvalue weighted by atomic mass is 19.1. The van der Waals surface area contributed by atoms with Crippen LogP contribution in [0.2, 0.25) is 0 Å². The second-order valence-electron chi connectivity index (χ2n) is 9.95. The number of nitrogens with one attached hydrogen (secondary N) is 2. The zero-order valence-electron chi connectivity index (χ0n) is 19.3. The molecule has 0 unspecified atom stereocenters. The van der Waals surface area contributed by atoms with E-state index >= 15 is 4.39 Å². The molecule has 0 aliphatic carbocycles. The number of fused-ring (bicyclic) bond motifs is 2. The topological polar surface area (TPSA) is 58.7 Å². The summed E-state index contributed by atoms with van der Waals surface area (Å²) in [5.41, 5.74) is 4.02. The second kappa shape index (κ2) is 8.85. The van der Waals surface area contributed by atoms with Gasteiger partial charge in [-0.25, -0.2) is 9.37 Å². The van der Waals surface area contributed by atoms with Crippen LogP contribution in [0.4, 0.5) is 15.9 Å². The molecule has 176 valence electrons. The molecular weight excluding hydrogens is 419 g/mol. The summed E-state index contributed by atoms with van der Waals surface area (Å²) < 4.78 is 27.1. The van der Waals surface area contributed by atoms with Crippen LogP contribution in [0.5, 0.6) is 5.75 Å². The predicted molar refractivity (Wildman–Crippen MR) is 126 cm³/mol. The van der Waals surface area contributed by atoms with Gasteiger partial charge in [-0.2, -0.15) is 0 Å². The van der Waals surface area contributed by atoms with Gasteiger partial charge in [0.25, 0.3) is 0 Å². The molecule has 6 nitrogen and oxygen atoms in total. The number of rotatable bonds is 3. The van der Waals surface area contributed by atoms with E-state index in [0.717, 1.165) is 69.2 Å². The molecule has 3 fully saturated rings. The van der Waals surface area contributed by atoms with E-state index in [1.807, 2.05) is 13.1 Å². The summed E-state index contributed by atoms with van der Waals surface area (Å²) in [7, 11) is 0. The van der Waals surface area contributed by atoms with Crippen molar-refractivity contribution in [1.82, 2.24) is 15.2 Å². The van der Waals surface area contributed by atoms with Crippen LogP contribution in [0, 0.1) is 5.82 Å². The minimum Gasteiger partial charge on any atom is -0.481 e. The Labute approximate surface area is 194 Å². The fraction of sp³-hybridized carbons (Fsp3) is 0.577. The van der Waals surface area contributed by atoms with Crippen molar-refractivity contribution < 1.29 is 13.9 Å². The van der Waals surface area contributed by atoms with Crippen LogP contribution in [0.3, 0.4) is 0 Å². The first-order valence-corrected chi connectivity index (χ1v) is 12.5. The van der Waals surface area contributed by atoms with Crippen LogP contribution in [0.15, 0.2) is 24.4 Å². The summed E-state index contributed by atoms with van der Waals surface area (Å²) in [5.74, 6) is 1.58. The largest absolute Gasteiger partial charge is 0.481 e. The smallest absolute Gasteiger partial charge is 0.179 e. The highest BCUT2D eigenvalue weighted by Crippen LogP contribution is 2.45. The first kappa shape index (κ1) is 21.3. The lowest BCUT2D eigenvalue weighted by atomic mass is 9.87. The first-order valence-electron chi connectivity index (χ1n) is 12.5. The Morgan fingerprint density at radius 3 is 2.64 bits per heavy atom. The van der Waals surface area contributed by atoms with Gasteiger partial charge in [0, 0.05) is 50.0 Å². The SMILES string of the molecule is C[C@H]1Oc2c(F)cc(C3CN(C4CCNCC4)C3)cc2Nc2nccc(C3CCOCC3)c21. The lowest BCUT2D eigenvalue weighted by molar-refractivity contribution is 0.0727. The monoisotopic (exact) mass is 452 g/mol. The van der Waals surface area contributed by atoms with Crippen molar-refractivity contribution in [2.75, 3.05) is 44.7 Å². The predicted octanol–water partition coefficient (Wildman–Crippen LogP) is 4.46. The van der Waals surface area contributed by atoms with Gasteiger partial charge in [0.05, 0.1) is 5.69 Å². The van der Waals surface area contributed by atoms with E-state index in [-0.39, 0.29) is 11.9 Å². The Morgan fingerprint density at radius 1 is 1.06 bits per heavy atom. The second-order valence-corrected chi connectivity index (χ2v) is 9.95. The third-order valence-electron chi connectivity index (χ3n) is 7.91. The maximum absolute atomic E-state index is 15.3. The van der Waals surface area contributed by atoms with E-state index in [1.165, 1.54) is 18.4 Å². The van der Waals surface area contributed by atoms with E-state index in [2.05, 4.69) is 32.7 Å². The summed E-state index contributed by atoms with van der Waals surface area (Å²) in [6.45, 7) is 7.75. The van der Waals surface area contributed by atoms with Crippen molar-refractivity contribution in [2.24, 2.45) is 0 Å². The van der Waals surface area contributed by atoms with Crippen molar-refractivity contribution in [1.29, 1.82) is 0 Å². The molecule has 6 rings (SSSR count). The van der Waals surface area contributed by atoms with Gasteiger partial charge in [0.15, 0.2) is 11.6 Å². The number of hydrogen-bond donors (Lipinski definition) is 2. The Bertz CT molecular complexity index is 1010. The molecule has 0 spiro atoms. The molecule has 3 saturated heterocycles. The van der Waals surface area contributed by atoms with Crippen molar-refractivity contribution in [3.8, 4) is 5.75 Å². The Morgan fingerprint density at radius 2 is 1.85 bits per heavy atom. The van der Waals surface area contributed by atoms with E-state index in [4.69, 9.17) is 9.47 Å². The van der Waals surface area contributed by atoms with Crippen LogP contribution < -0.4 is 15.4 Å². The molecule has 0 bridgehead atoms. The minimum atomic E-state index is -0.289. The van der Waals surface area contributed by atoms with Crippen molar-refractivity contribution in [3.05, 3.63) is 46.9 Å². The van der Waals surface area contributed by atoms with Crippen LogP contribution in [0.1, 0.15) is 67.2 Å². The number of aromatic nitrogens is 1. The average molecular weight is 453 g/mol. The standard InChI is InChI=1S/C26H33FN4O2/c1-16-24-21(17-5-10-32-11-6-17)4-9-29-26(24)30-23-13-18(12-22(27)25(23)33-16)19-14-31(15-19)20-2-7-28-8-3-20/h4,9,12-13,16-17,19-20,28H,2-3,5-8,10-11,14-15H2,1H3,(H,29,30)/t16-/m1/s1. The quantitative estimate of drug-likeness (QED) is 0.717. The number of pyridine rings is 1. The summed E-state index contributed by atoms with van der Waals surface area (Å²) in [5, 5.41) is 6.88. The molecule has 7 heteroatoms. The molecule has 4 aliphatic rings. The number of ether oxygens (including phenoxy) is 2. The molecule has 0 radical (unpaired) electrons. The lowest BCUT2D eigenvalue weighted by Gasteiger charge is -2.46. The molecule has 1 aromatic carbocycles. The van der Waals surface area contributed by atoms with E-state index in [1.54, 1.807) is 6.07 Å². The molecule has 2 N–H and O–H groups in total. The zero-order valence-corrected chi connectivity index (χ0v) is 19.3. The third-order valence-corrected chi connectivity index (χ3v) is 7.91. The van der Waals surface area contributed by atoms with Crippen LogP contribution in [-0.4, -0.2) is 55.3 Å². The van der Waals surface area contributed by atoms with Gasteiger partial charge in [-0.1, -0.05) is 0 Å². The summed E-state index contributed by atoms with van der Waals surface area (Å²) in [6, 6.07) is 6.52. The summed E-state index contributed by atoms with van der Waals surface area (Å²) in [4.78, 5) is 7.19. The van der Waals surface area contributed by atoms with Gasteiger partial charge in [-0.05, 0) is 80.9 Å². The number of likely N-dealkylation sites (tertiary alicyclic amines) is 1. The molecule has 1 atom stereocenters. The first-order chi connectivity index (χ1) is 16.2. The molecular formula is C26H33FN4O2. The Hall–Kier alpha value is -2.22. The minimum absolute atomic E-state index is 0.278. The number of piperidine rings is 1. The summed E-state index contributed by atoms with van der Waals surface area (Å²) >= 11 is 0. The number of benzene rings is 1. The van der Waals surface area contributed by atoms with Crippen LogP contribution in [-0.2, 0) is 4.74 Å². The number of nitrogens with zero attached hydrogens (tertiary/aromatic N) is 2. The Balaban J connectivity index is 1.26. The van der Waals surface area contributed by atoms with Gasteiger partial charge in [-0.15, -0.1) is 0 Å². The van der Waals surface area contributed by atoms with Gasteiger partial charge in [-0.3, -0.25) is 4.90 Å². The fourth-order valence-electron chi connectivity index (χ4n) is 6.00. The van der Waals surface area contributed by atoms with E-state index in [0.29, 0.717) is 29.3 Å². The van der Waals surface area contributed by atoms with Crippen LogP contribution >= 0.6 is 0 Å². The molecule has 0 saturated carbocycles. The molecule has 1 aromatic heterocycles. The highest BCUT2D eigenvalue weighted by Gasteiger charge is 2.35. The molecule has 5 heterocycles. The van der Waals surface area contributed by atoms with Crippen LogP contribution in [0.25, 0.3) is 0 Å².